The summed E-state index contributed by atoms with van der Waals surface area (Å²) in [6.45, 7) is 12.0. The second-order valence-electron chi connectivity index (χ2n) is 7.64. The second kappa shape index (κ2) is 7.11. The van der Waals surface area contributed by atoms with Gasteiger partial charge in [0.05, 0.1) is 0 Å². The quantitative estimate of drug-likeness (QED) is 0.552. The second-order valence-corrected chi connectivity index (χ2v) is 7.64. The molecule has 0 amide bonds. The highest BCUT2D eigenvalue weighted by molar-refractivity contribution is 5.62. The van der Waals surface area contributed by atoms with Crippen molar-refractivity contribution in [3.05, 3.63) is 92.5 Å². The SMILES string of the molecule is Cc1cc(C)c(C(c2ccccc2)c2c(C)cc(C)c(C)c2O)c(O)c1C. The van der Waals surface area contributed by atoms with E-state index in [1.807, 2.05) is 59.7 Å². The van der Waals surface area contributed by atoms with Crippen LogP contribution in [0.25, 0.3) is 0 Å². The van der Waals surface area contributed by atoms with Gasteiger partial charge in [0.2, 0.25) is 0 Å². The monoisotopic (exact) mass is 360 g/mol. The Balaban J connectivity index is 2.42. The van der Waals surface area contributed by atoms with E-state index in [9.17, 15) is 10.2 Å². The Hall–Kier alpha value is -2.74. The molecule has 3 rings (SSSR count). The normalized spacial score (nSPS) is 11.2. The van der Waals surface area contributed by atoms with Crippen LogP contribution < -0.4 is 0 Å². The first-order chi connectivity index (χ1) is 12.7. The largest absolute Gasteiger partial charge is 0.507 e. The summed E-state index contributed by atoms with van der Waals surface area (Å²) in [7, 11) is 0. The molecule has 0 saturated carbocycles. The first kappa shape index (κ1) is 19.0. The summed E-state index contributed by atoms with van der Waals surface area (Å²) < 4.78 is 0. The smallest absolute Gasteiger partial charge is 0.123 e. The van der Waals surface area contributed by atoms with E-state index < -0.39 is 0 Å². The van der Waals surface area contributed by atoms with Crippen LogP contribution in [-0.4, -0.2) is 10.2 Å². The van der Waals surface area contributed by atoms with Crippen molar-refractivity contribution in [3.63, 3.8) is 0 Å². The maximum absolute atomic E-state index is 11.1. The molecular weight excluding hydrogens is 332 g/mol. The molecule has 0 atom stereocenters. The Morgan fingerprint density at radius 1 is 0.593 bits per heavy atom. The minimum atomic E-state index is -0.232. The van der Waals surface area contributed by atoms with E-state index in [1.165, 1.54) is 0 Å². The molecule has 27 heavy (non-hydrogen) atoms. The van der Waals surface area contributed by atoms with Gasteiger partial charge in [-0.05, 0) is 80.5 Å². The van der Waals surface area contributed by atoms with Crippen LogP contribution in [0.2, 0.25) is 0 Å². The van der Waals surface area contributed by atoms with Crippen molar-refractivity contribution in [1.29, 1.82) is 0 Å². The van der Waals surface area contributed by atoms with Crippen molar-refractivity contribution < 1.29 is 10.2 Å². The minimum Gasteiger partial charge on any atom is -0.507 e. The molecule has 3 aromatic carbocycles. The summed E-state index contributed by atoms with van der Waals surface area (Å²) in [6.07, 6.45) is 0. The van der Waals surface area contributed by atoms with Gasteiger partial charge < -0.3 is 10.2 Å². The number of rotatable bonds is 3. The summed E-state index contributed by atoms with van der Waals surface area (Å²) in [4.78, 5) is 0. The zero-order valence-corrected chi connectivity index (χ0v) is 17.0. The van der Waals surface area contributed by atoms with E-state index >= 15 is 0 Å². The van der Waals surface area contributed by atoms with Crippen LogP contribution in [0.3, 0.4) is 0 Å². The highest BCUT2D eigenvalue weighted by Crippen LogP contribution is 2.46. The molecule has 0 heterocycles. The van der Waals surface area contributed by atoms with E-state index in [1.54, 1.807) is 0 Å². The van der Waals surface area contributed by atoms with Crippen LogP contribution in [0.5, 0.6) is 11.5 Å². The third-order valence-corrected chi connectivity index (χ3v) is 5.83. The van der Waals surface area contributed by atoms with E-state index in [2.05, 4.69) is 24.3 Å². The van der Waals surface area contributed by atoms with Crippen LogP contribution in [0, 0.1) is 41.5 Å². The average Bonchev–Trinajstić information content (AvgIpc) is 2.64. The molecule has 0 fully saturated rings. The molecule has 140 valence electrons. The van der Waals surface area contributed by atoms with Gasteiger partial charge in [-0.25, -0.2) is 0 Å². The minimum absolute atomic E-state index is 0.232. The lowest BCUT2D eigenvalue weighted by molar-refractivity contribution is 0.452. The van der Waals surface area contributed by atoms with Crippen molar-refractivity contribution in [2.75, 3.05) is 0 Å². The standard InChI is InChI=1S/C25H28O2/c1-14-12-16(3)21(24(26)18(14)5)23(20-10-8-7-9-11-20)22-17(4)13-15(2)19(6)25(22)27/h7-13,23,26-27H,1-6H3. The van der Waals surface area contributed by atoms with Gasteiger partial charge in [0.15, 0.2) is 0 Å². The summed E-state index contributed by atoms with van der Waals surface area (Å²) in [5, 5.41) is 22.2. The Morgan fingerprint density at radius 3 is 1.41 bits per heavy atom. The Bertz CT molecular complexity index is 938. The zero-order valence-electron chi connectivity index (χ0n) is 17.0. The average molecular weight is 360 g/mol. The molecule has 0 unspecified atom stereocenters. The molecule has 0 aliphatic carbocycles. The number of phenolic OH excluding ortho intramolecular Hbond substituents is 2. The fourth-order valence-corrected chi connectivity index (χ4v) is 4.02. The van der Waals surface area contributed by atoms with Crippen LogP contribution in [0.4, 0.5) is 0 Å². The first-order valence-corrected chi connectivity index (χ1v) is 9.38. The Morgan fingerprint density at radius 2 is 1.00 bits per heavy atom. The van der Waals surface area contributed by atoms with Gasteiger partial charge in [0, 0.05) is 17.0 Å². The lowest BCUT2D eigenvalue weighted by atomic mass is 9.78. The van der Waals surface area contributed by atoms with E-state index in [-0.39, 0.29) is 5.92 Å². The molecule has 2 heteroatoms. The van der Waals surface area contributed by atoms with Crippen molar-refractivity contribution in [3.8, 4) is 11.5 Å². The molecule has 0 bridgehead atoms. The molecular formula is C25H28O2. The predicted octanol–water partition coefficient (Wildman–Crippen LogP) is 6.13. The number of aromatic hydroxyl groups is 2. The molecule has 0 saturated heterocycles. The highest BCUT2D eigenvalue weighted by Gasteiger charge is 2.28. The fraction of sp³-hybridized carbons (Fsp3) is 0.280. The van der Waals surface area contributed by atoms with Gasteiger partial charge in [0.1, 0.15) is 11.5 Å². The maximum atomic E-state index is 11.1. The van der Waals surface area contributed by atoms with Gasteiger partial charge >= 0.3 is 0 Å². The zero-order chi connectivity index (χ0) is 19.9. The van der Waals surface area contributed by atoms with Crippen molar-refractivity contribution in [2.45, 2.75) is 47.5 Å². The van der Waals surface area contributed by atoms with Crippen molar-refractivity contribution >= 4 is 0 Å². The molecule has 0 aliphatic rings. The van der Waals surface area contributed by atoms with Crippen molar-refractivity contribution in [2.24, 2.45) is 0 Å². The lowest BCUT2D eigenvalue weighted by Crippen LogP contribution is -2.10. The number of phenols is 2. The molecule has 0 spiro atoms. The van der Waals surface area contributed by atoms with Crippen LogP contribution >= 0.6 is 0 Å². The predicted molar refractivity (Wildman–Crippen MR) is 112 cm³/mol. The van der Waals surface area contributed by atoms with Crippen molar-refractivity contribution in [1.82, 2.24) is 0 Å². The first-order valence-electron chi connectivity index (χ1n) is 9.38. The van der Waals surface area contributed by atoms with Gasteiger partial charge in [-0.15, -0.1) is 0 Å². The van der Waals surface area contributed by atoms with Crippen LogP contribution in [-0.2, 0) is 0 Å². The van der Waals surface area contributed by atoms with Gasteiger partial charge in [-0.1, -0.05) is 42.5 Å². The lowest BCUT2D eigenvalue weighted by Gasteiger charge is -2.27. The topological polar surface area (TPSA) is 40.5 Å². The molecule has 3 aromatic rings. The number of benzene rings is 3. The van der Waals surface area contributed by atoms with E-state index in [0.717, 1.165) is 50.1 Å². The van der Waals surface area contributed by atoms with Gasteiger partial charge in [-0.2, -0.15) is 0 Å². The highest BCUT2D eigenvalue weighted by atomic mass is 16.3. The van der Waals surface area contributed by atoms with Crippen LogP contribution in [0.15, 0.2) is 42.5 Å². The molecule has 2 nitrogen and oxygen atoms in total. The third-order valence-electron chi connectivity index (χ3n) is 5.83. The summed E-state index contributed by atoms with van der Waals surface area (Å²) in [5.74, 6) is 0.404. The number of hydrogen-bond donors (Lipinski definition) is 2. The van der Waals surface area contributed by atoms with Gasteiger partial charge in [0.25, 0.3) is 0 Å². The Labute approximate surface area is 162 Å². The molecule has 0 aliphatic heterocycles. The summed E-state index contributed by atoms with van der Waals surface area (Å²) >= 11 is 0. The fourth-order valence-electron chi connectivity index (χ4n) is 4.02. The third kappa shape index (κ3) is 3.21. The summed E-state index contributed by atoms with van der Waals surface area (Å²) in [5.41, 5.74) is 8.76. The number of aryl methyl sites for hydroxylation is 4. The number of hydrogen-bond acceptors (Lipinski definition) is 2. The molecule has 0 aromatic heterocycles. The molecule has 2 N–H and O–H groups in total. The van der Waals surface area contributed by atoms with Crippen LogP contribution in [0.1, 0.15) is 56.0 Å². The van der Waals surface area contributed by atoms with E-state index in [4.69, 9.17) is 0 Å². The van der Waals surface area contributed by atoms with E-state index in [0.29, 0.717) is 11.5 Å². The summed E-state index contributed by atoms with van der Waals surface area (Å²) in [6, 6.07) is 14.4. The van der Waals surface area contributed by atoms with Gasteiger partial charge in [-0.3, -0.25) is 0 Å². The Kier molecular flexibility index (Phi) is 5.01. The maximum Gasteiger partial charge on any atom is 0.123 e. The molecule has 0 radical (unpaired) electrons.